The van der Waals surface area contributed by atoms with Crippen LogP contribution in [0, 0.1) is 0 Å². The molecule has 0 saturated carbocycles. The van der Waals surface area contributed by atoms with Crippen LogP contribution in [-0.4, -0.2) is 24.7 Å². The molecule has 0 aromatic heterocycles. The van der Waals surface area contributed by atoms with Gasteiger partial charge in [0.1, 0.15) is 5.78 Å². The first kappa shape index (κ1) is 29.3. The van der Waals surface area contributed by atoms with E-state index in [1.165, 1.54) is 12.1 Å². The number of aryl methyl sites for hydroxylation is 1. The van der Waals surface area contributed by atoms with Gasteiger partial charge in [-0.2, -0.15) is 31.8 Å². The number of hydroxylamine groups is 1. The Morgan fingerprint density at radius 1 is 0.947 bits per heavy atom. The van der Waals surface area contributed by atoms with Gasteiger partial charge in [-0.15, -0.1) is 0 Å². The Kier molecular flexibility index (Phi) is 9.69. The molecule has 0 aliphatic heterocycles. The molecule has 0 fully saturated rings. The van der Waals surface area contributed by atoms with Crippen molar-refractivity contribution in [2.45, 2.75) is 50.9 Å². The number of ketones is 2. The van der Waals surface area contributed by atoms with E-state index in [4.69, 9.17) is 15.6 Å². The fraction of sp³-hybridized carbons (Fsp3) is 0.385. The molecule has 2 aromatic rings. The fourth-order valence-corrected chi connectivity index (χ4v) is 3.92. The van der Waals surface area contributed by atoms with E-state index in [2.05, 4.69) is 5.48 Å². The van der Waals surface area contributed by atoms with Gasteiger partial charge in [0.05, 0.1) is 17.7 Å². The Bertz CT molecular complexity index is 1160. The molecule has 0 heterocycles. The average molecular weight is 544 g/mol. The summed E-state index contributed by atoms with van der Waals surface area (Å²) < 4.78 is 78.9. The van der Waals surface area contributed by atoms with Crippen LogP contribution in [0.25, 0.3) is 6.08 Å². The number of rotatable bonds is 11. The number of hydrogen-bond acceptors (Lipinski definition) is 6. The second-order valence-electron chi connectivity index (χ2n) is 8.77. The van der Waals surface area contributed by atoms with Crippen molar-refractivity contribution in [1.82, 2.24) is 5.48 Å². The van der Waals surface area contributed by atoms with E-state index in [1.807, 2.05) is 0 Å². The van der Waals surface area contributed by atoms with E-state index in [-0.39, 0.29) is 41.5 Å². The Hall–Kier alpha value is -3.22. The van der Waals surface area contributed by atoms with Gasteiger partial charge in [0.25, 0.3) is 0 Å². The van der Waals surface area contributed by atoms with Gasteiger partial charge in [-0.25, -0.2) is 0 Å². The second-order valence-corrected chi connectivity index (χ2v) is 8.77. The monoisotopic (exact) mass is 544 g/mol. The highest BCUT2D eigenvalue weighted by Gasteiger charge is 2.37. The minimum atomic E-state index is -4.98. The molecule has 6 nitrogen and oxygen atoms in total. The number of alkyl halides is 6. The number of allylic oxidation sites excluding steroid dienone is 1. The van der Waals surface area contributed by atoms with Gasteiger partial charge in [-0.1, -0.05) is 11.4 Å². The quantitative estimate of drug-likeness (QED) is 0.122. The van der Waals surface area contributed by atoms with Gasteiger partial charge in [-0.05, 0) is 79.3 Å². The lowest BCUT2D eigenvalue weighted by Crippen LogP contribution is -2.19. The van der Waals surface area contributed by atoms with Crippen LogP contribution < -0.4 is 16.1 Å². The molecule has 0 atom stereocenters. The molecular weight excluding hydrogens is 518 g/mol. The summed E-state index contributed by atoms with van der Waals surface area (Å²) in [7, 11) is 0. The van der Waals surface area contributed by atoms with Crippen LogP contribution in [0.5, 0.6) is 5.75 Å². The lowest BCUT2D eigenvalue weighted by atomic mass is 9.85. The summed E-state index contributed by atoms with van der Waals surface area (Å²) in [6, 6.07) is 5.73. The lowest BCUT2D eigenvalue weighted by Gasteiger charge is -2.19. The number of nitrogens with two attached hydrogens (primary N) is 1. The minimum absolute atomic E-state index is 0.0114. The number of carbonyl (C=O) groups excluding carboxylic acids is 2. The maximum Gasteiger partial charge on any atom is 0.416 e. The number of fused-ring (bicyclic) bond motifs is 1. The third kappa shape index (κ3) is 8.14. The van der Waals surface area contributed by atoms with Crippen LogP contribution in [0.15, 0.2) is 42.0 Å². The van der Waals surface area contributed by atoms with Gasteiger partial charge in [-0.3, -0.25) is 9.59 Å². The van der Waals surface area contributed by atoms with Crippen molar-refractivity contribution in [3.63, 3.8) is 0 Å². The number of benzene rings is 2. The molecule has 0 unspecified atom stereocenters. The summed E-state index contributed by atoms with van der Waals surface area (Å²) in [5.41, 5.74) is 5.61. The number of carbonyl (C=O) groups is 2. The van der Waals surface area contributed by atoms with Gasteiger partial charge in [0.15, 0.2) is 11.5 Å². The van der Waals surface area contributed by atoms with Crippen LogP contribution in [0.3, 0.4) is 0 Å². The van der Waals surface area contributed by atoms with Crippen molar-refractivity contribution >= 4 is 17.6 Å². The van der Waals surface area contributed by atoms with Crippen molar-refractivity contribution in [2.75, 3.05) is 13.1 Å². The molecule has 1 aliphatic rings. The lowest BCUT2D eigenvalue weighted by molar-refractivity contribution is -0.257. The van der Waals surface area contributed by atoms with Crippen molar-refractivity contribution in [3.8, 4) is 5.75 Å². The molecule has 3 rings (SSSR count). The topological polar surface area (TPSA) is 90.7 Å². The van der Waals surface area contributed by atoms with E-state index < -0.39 is 29.3 Å². The first-order valence-corrected chi connectivity index (χ1v) is 11.8. The zero-order valence-corrected chi connectivity index (χ0v) is 20.2. The number of hydrogen-bond donors (Lipinski definition) is 2. The first-order valence-electron chi connectivity index (χ1n) is 11.8. The number of Topliss-reactive ketones (excluding diaryl/α,β-unsaturated/α-hetero) is 2. The second kappa shape index (κ2) is 12.5. The molecule has 206 valence electrons. The van der Waals surface area contributed by atoms with Crippen LogP contribution >= 0.6 is 0 Å². The highest BCUT2D eigenvalue weighted by molar-refractivity contribution is 6.13. The maximum absolute atomic E-state index is 13.1. The van der Waals surface area contributed by atoms with Crippen LogP contribution in [0.4, 0.5) is 26.3 Å². The number of nitrogens with one attached hydrogen (secondary N) is 1. The van der Waals surface area contributed by atoms with E-state index in [0.717, 1.165) is 25.3 Å². The summed E-state index contributed by atoms with van der Waals surface area (Å²) in [5, 5.41) is 0. The number of halogens is 6. The normalized spacial score (nSPS) is 15.0. The summed E-state index contributed by atoms with van der Waals surface area (Å²) >= 11 is 0. The van der Waals surface area contributed by atoms with E-state index >= 15 is 0 Å². The molecule has 0 amide bonds. The van der Waals surface area contributed by atoms with Gasteiger partial charge in [0.2, 0.25) is 0 Å². The predicted octanol–water partition coefficient (Wildman–Crippen LogP) is 5.84. The molecule has 1 aliphatic carbocycles. The minimum Gasteiger partial charge on any atom is -0.324 e. The standard InChI is InChI=1S/C26H26F6N2O4/c27-25(28,29)19-11-16(12-20(14-19)26(30,31)32)10-18-6-5-17-13-22(7-8-23(17)24(18)36)37-38-34-9-3-1-2-4-21(35)15-33/h7-8,10-14,34H,1-6,9,15,33H2/b18-10+. The molecule has 0 saturated heterocycles. The van der Waals surface area contributed by atoms with Gasteiger partial charge in [0, 0.05) is 24.1 Å². The third-order valence-corrected chi connectivity index (χ3v) is 5.89. The Morgan fingerprint density at radius 3 is 2.26 bits per heavy atom. The molecule has 12 heteroatoms. The smallest absolute Gasteiger partial charge is 0.324 e. The van der Waals surface area contributed by atoms with Gasteiger partial charge < -0.3 is 10.6 Å². The molecular formula is C26H26F6N2O4. The van der Waals surface area contributed by atoms with Crippen LogP contribution in [-0.2, 0) is 28.6 Å². The zero-order chi connectivity index (χ0) is 27.9. The van der Waals surface area contributed by atoms with E-state index in [1.54, 1.807) is 6.07 Å². The van der Waals surface area contributed by atoms with E-state index in [0.29, 0.717) is 42.8 Å². The van der Waals surface area contributed by atoms with Gasteiger partial charge >= 0.3 is 12.4 Å². The first-order chi connectivity index (χ1) is 17.9. The third-order valence-electron chi connectivity index (χ3n) is 5.89. The van der Waals surface area contributed by atoms with Crippen LogP contribution in [0.2, 0.25) is 0 Å². The molecule has 3 N–H and O–H groups in total. The summed E-state index contributed by atoms with van der Waals surface area (Å²) in [6.07, 6.45) is -5.73. The molecule has 0 bridgehead atoms. The Balaban J connectivity index is 1.62. The SMILES string of the molecule is NCC(=O)CCCCCNOOc1ccc2c(c1)CC/C(=C\c1cc(C(F)(F)F)cc(C(F)(F)F)c1)C2=O. The average Bonchev–Trinajstić information content (AvgIpc) is 2.86. The fourth-order valence-electron chi connectivity index (χ4n) is 3.92. The highest BCUT2D eigenvalue weighted by Crippen LogP contribution is 2.37. The van der Waals surface area contributed by atoms with Crippen molar-refractivity contribution in [1.29, 1.82) is 0 Å². The largest absolute Gasteiger partial charge is 0.416 e. The number of unbranched alkanes of at least 4 members (excludes halogenated alkanes) is 2. The Morgan fingerprint density at radius 2 is 1.63 bits per heavy atom. The molecule has 38 heavy (non-hydrogen) atoms. The summed E-state index contributed by atoms with van der Waals surface area (Å²) in [6.45, 7) is 0.512. The van der Waals surface area contributed by atoms with Crippen molar-refractivity contribution in [3.05, 3.63) is 69.8 Å². The summed E-state index contributed by atoms with van der Waals surface area (Å²) in [5.74, 6) is -0.175. The maximum atomic E-state index is 13.1. The summed E-state index contributed by atoms with van der Waals surface area (Å²) in [4.78, 5) is 34.2. The molecule has 0 spiro atoms. The van der Waals surface area contributed by atoms with Crippen molar-refractivity contribution < 1.29 is 45.8 Å². The van der Waals surface area contributed by atoms with E-state index in [9.17, 15) is 35.9 Å². The zero-order valence-electron chi connectivity index (χ0n) is 20.2. The predicted molar refractivity (Wildman–Crippen MR) is 126 cm³/mol. The van der Waals surface area contributed by atoms with Crippen LogP contribution in [0.1, 0.15) is 64.7 Å². The molecule has 2 aromatic carbocycles. The van der Waals surface area contributed by atoms with Crippen molar-refractivity contribution in [2.24, 2.45) is 5.73 Å². The molecule has 0 radical (unpaired) electrons. The Labute approximate surface area is 214 Å². The highest BCUT2D eigenvalue weighted by atomic mass is 19.4.